The molecule has 3 aromatic carbocycles. The average Bonchev–Trinajstić information content (AvgIpc) is 2.74. The third-order valence-corrected chi connectivity index (χ3v) is 6.12. The first kappa shape index (κ1) is 22.5. The van der Waals surface area contributed by atoms with Crippen molar-refractivity contribution in [1.29, 1.82) is 0 Å². The first-order valence-corrected chi connectivity index (χ1v) is 11.0. The number of carbonyl (C=O) groups is 1. The minimum Gasteiger partial charge on any atom is -0.495 e. The van der Waals surface area contributed by atoms with Crippen LogP contribution in [0.2, 0.25) is 5.02 Å². The van der Waals surface area contributed by atoms with Gasteiger partial charge in [-0.2, -0.15) is 0 Å². The number of carbonyl (C=O) groups excluding carboxylic acids is 1. The molecule has 0 saturated heterocycles. The summed E-state index contributed by atoms with van der Waals surface area (Å²) in [5, 5.41) is 3.07. The van der Waals surface area contributed by atoms with Crippen molar-refractivity contribution in [2.45, 2.75) is 11.8 Å². The Labute approximate surface area is 186 Å². The smallest absolute Gasteiger partial charge is 0.262 e. The molecule has 3 rings (SSSR count). The average molecular weight is 461 g/mol. The van der Waals surface area contributed by atoms with Gasteiger partial charge in [-0.15, -0.1) is 0 Å². The van der Waals surface area contributed by atoms with Crippen LogP contribution in [0.15, 0.2) is 65.6 Å². The van der Waals surface area contributed by atoms with Gasteiger partial charge >= 0.3 is 0 Å². The molecule has 2 N–H and O–H groups in total. The lowest BCUT2D eigenvalue weighted by atomic mass is 10.1. The molecule has 0 radical (unpaired) electrons. The van der Waals surface area contributed by atoms with E-state index in [0.29, 0.717) is 22.1 Å². The van der Waals surface area contributed by atoms with Crippen molar-refractivity contribution in [3.05, 3.63) is 76.8 Å². The first-order valence-electron chi connectivity index (χ1n) is 9.16. The Hall–Kier alpha value is -3.23. The van der Waals surface area contributed by atoms with E-state index in [0.717, 1.165) is 5.56 Å². The van der Waals surface area contributed by atoms with E-state index in [4.69, 9.17) is 21.1 Å². The third-order valence-electron chi connectivity index (χ3n) is 4.52. The van der Waals surface area contributed by atoms with Crippen LogP contribution in [0.3, 0.4) is 0 Å². The molecule has 31 heavy (non-hydrogen) atoms. The molecular weight excluding hydrogens is 440 g/mol. The summed E-state index contributed by atoms with van der Waals surface area (Å²) in [4.78, 5) is 12.6. The molecule has 7 nitrogen and oxygen atoms in total. The molecule has 9 heteroatoms. The Bertz CT molecular complexity index is 1230. The van der Waals surface area contributed by atoms with E-state index in [2.05, 4.69) is 10.0 Å². The van der Waals surface area contributed by atoms with Crippen molar-refractivity contribution in [1.82, 2.24) is 0 Å². The molecule has 3 aromatic rings. The highest BCUT2D eigenvalue weighted by Gasteiger charge is 2.20. The van der Waals surface area contributed by atoms with Crippen molar-refractivity contribution >= 4 is 38.9 Å². The Balaban J connectivity index is 1.95. The Kier molecular flexibility index (Phi) is 6.72. The molecule has 0 heterocycles. The minimum absolute atomic E-state index is 0.0737. The number of rotatable bonds is 7. The lowest BCUT2D eigenvalue weighted by Gasteiger charge is -2.15. The summed E-state index contributed by atoms with van der Waals surface area (Å²) in [7, 11) is -1.16. The number of ether oxygens (including phenoxy) is 2. The molecule has 0 aliphatic heterocycles. The van der Waals surface area contributed by atoms with Crippen LogP contribution in [0, 0.1) is 6.92 Å². The maximum atomic E-state index is 13.0. The first-order chi connectivity index (χ1) is 14.7. The lowest BCUT2D eigenvalue weighted by Crippen LogP contribution is -2.16. The van der Waals surface area contributed by atoms with E-state index in [1.807, 2.05) is 19.1 Å². The second kappa shape index (κ2) is 9.28. The number of benzene rings is 3. The number of aryl methyl sites for hydroxylation is 1. The van der Waals surface area contributed by atoms with Crippen LogP contribution in [0.1, 0.15) is 15.9 Å². The minimum atomic E-state index is -4.01. The highest BCUT2D eigenvalue weighted by Crippen LogP contribution is 2.32. The van der Waals surface area contributed by atoms with Crippen LogP contribution in [0.4, 0.5) is 11.4 Å². The van der Waals surface area contributed by atoms with Gasteiger partial charge in [0.15, 0.2) is 0 Å². The van der Waals surface area contributed by atoms with Crippen molar-refractivity contribution in [2.24, 2.45) is 0 Å². The standard InChI is InChI=1S/C22H21ClN2O5S/c1-14-6-4-5-7-17(14)22(26)24-18-13-16(9-11-20(18)29-2)31(27,28)25-19-12-15(23)8-10-21(19)30-3/h4-13,25H,1-3H3,(H,24,26). The summed E-state index contributed by atoms with van der Waals surface area (Å²) in [6, 6.07) is 15.8. The predicted molar refractivity (Wildman–Crippen MR) is 121 cm³/mol. The van der Waals surface area contributed by atoms with Crippen LogP contribution < -0.4 is 19.5 Å². The summed E-state index contributed by atoms with van der Waals surface area (Å²) in [6.07, 6.45) is 0. The summed E-state index contributed by atoms with van der Waals surface area (Å²) >= 11 is 5.99. The maximum absolute atomic E-state index is 13.0. The fourth-order valence-electron chi connectivity index (χ4n) is 2.93. The largest absolute Gasteiger partial charge is 0.495 e. The number of methoxy groups -OCH3 is 2. The molecule has 0 aromatic heterocycles. The molecule has 0 aliphatic carbocycles. The van der Waals surface area contributed by atoms with Crippen molar-refractivity contribution in [2.75, 3.05) is 24.3 Å². The molecule has 0 aliphatic rings. The molecule has 0 saturated carbocycles. The van der Waals surface area contributed by atoms with Crippen LogP contribution in [0.25, 0.3) is 0 Å². The van der Waals surface area contributed by atoms with Crippen molar-refractivity contribution in [3.8, 4) is 11.5 Å². The van der Waals surface area contributed by atoms with Gasteiger partial charge in [0.1, 0.15) is 11.5 Å². The van der Waals surface area contributed by atoms with E-state index in [9.17, 15) is 13.2 Å². The second-order valence-corrected chi connectivity index (χ2v) is 8.70. The normalized spacial score (nSPS) is 11.0. The van der Waals surface area contributed by atoms with E-state index in [-0.39, 0.29) is 22.2 Å². The third kappa shape index (κ3) is 5.10. The van der Waals surface area contributed by atoms with Gasteiger partial charge in [0.25, 0.3) is 15.9 Å². The van der Waals surface area contributed by atoms with Gasteiger partial charge in [-0.3, -0.25) is 9.52 Å². The SMILES string of the molecule is COc1ccc(S(=O)(=O)Nc2cc(Cl)ccc2OC)cc1NC(=O)c1ccccc1C. The van der Waals surface area contributed by atoms with Gasteiger partial charge in [0.05, 0.1) is 30.5 Å². The zero-order chi connectivity index (χ0) is 22.6. The van der Waals surface area contributed by atoms with E-state index in [1.165, 1.54) is 38.5 Å². The number of hydrogen-bond donors (Lipinski definition) is 2. The second-order valence-electron chi connectivity index (χ2n) is 6.58. The quantitative estimate of drug-likeness (QED) is 0.532. The number of nitrogens with one attached hydrogen (secondary N) is 2. The molecule has 0 unspecified atom stereocenters. The van der Waals surface area contributed by atoms with Crippen LogP contribution in [-0.4, -0.2) is 28.5 Å². The van der Waals surface area contributed by atoms with Gasteiger partial charge in [-0.05, 0) is 55.0 Å². The topological polar surface area (TPSA) is 93.7 Å². The van der Waals surface area contributed by atoms with Crippen molar-refractivity contribution in [3.63, 3.8) is 0 Å². The monoisotopic (exact) mass is 460 g/mol. The van der Waals surface area contributed by atoms with Crippen LogP contribution >= 0.6 is 11.6 Å². The highest BCUT2D eigenvalue weighted by molar-refractivity contribution is 7.92. The Morgan fingerprint density at radius 2 is 1.55 bits per heavy atom. The molecule has 162 valence electrons. The number of sulfonamides is 1. The molecule has 0 spiro atoms. The zero-order valence-electron chi connectivity index (χ0n) is 17.1. The lowest BCUT2D eigenvalue weighted by molar-refractivity contribution is 0.102. The number of amides is 1. The molecule has 0 bridgehead atoms. The molecule has 0 fully saturated rings. The summed E-state index contributed by atoms with van der Waals surface area (Å²) in [5.41, 5.74) is 1.67. The van der Waals surface area contributed by atoms with Gasteiger partial charge < -0.3 is 14.8 Å². The van der Waals surface area contributed by atoms with Gasteiger partial charge in [0.2, 0.25) is 0 Å². The Morgan fingerprint density at radius 3 is 2.23 bits per heavy atom. The number of hydrogen-bond acceptors (Lipinski definition) is 5. The predicted octanol–water partition coefficient (Wildman–Crippen LogP) is 4.72. The maximum Gasteiger partial charge on any atom is 0.262 e. The van der Waals surface area contributed by atoms with Crippen LogP contribution in [-0.2, 0) is 10.0 Å². The van der Waals surface area contributed by atoms with Gasteiger partial charge in [-0.1, -0.05) is 29.8 Å². The number of halogens is 1. The van der Waals surface area contributed by atoms with E-state index < -0.39 is 10.0 Å². The zero-order valence-corrected chi connectivity index (χ0v) is 18.7. The molecule has 1 amide bonds. The van der Waals surface area contributed by atoms with E-state index >= 15 is 0 Å². The number of anilines is 2. The summed E-state index contributed by atoms with van der Waals surface area (Å²) in [6.45, 7) is 1.81. The summed E-state index contributed by atoms with van der Waals surface area (Å²) in [5.74, 6) is 0.256. The summed E-state index contributed by atoms with van der Waals surface area (Å²) < 4.78 is 38.9. The van der Waals surface area contributed by atoms with E-state index in [1.54, 1.807) is 24.3 Å². The van der Waals surface area contributed by atoms with Gasteiger partial charge in [-0.25, -0.2) is 8.42 Å². The van der Waals surface area contributed by atoms with Gasteiger partial charge in [0, 0.05) is 10.6 Å². The molecular formula is C22H21ClN2O5S. The fourth-order valence-corrected chi connectivity index (χ4v) is 4.19. The highest BCUT2D eigenvalue weighted by atomic mass is 35.5. The Morgan fingerprint density at radius 1 is 0.903 bits per heavy atom. The van der Waals surface area contributed by atoms with Crippen LogP contribution in [0.5, 0.6) is 11.5 Å². The molecule has 0 atom stereocenters. The fraction of sp³-hybridized carbons (Fsp3) is 0.136. The van der Waals surface area contributed by atoms with Crippen molar-refractivity contribution < 1.29 is 22.7 Å².